The third kappa shape index (κ3) is 2.60. The summed E-state index contributed by atoms with van der Waals surface area (Å²) in [7, 11) is 0. The lowest BCUT2D eigenvalue weighted by atomic mass is 10.2. The minimum absolute atomic E-state index is 0.137. The van der Waals surface area contributed by atoms with Crippen molar-refractivity contribution >= 4 is 31.9 Å². The average molecular weight is 307 g/mol. The molecular formula is C8H9Br2N3. The van der Waals surface area contributed by atoms with Crippen molar-refractivity contribution in [2.45, 2.75) is 6.04 Å². The number of aromatic nitrogens is 1. The Morgan fingerprint density at radius 3 is 2.77 bits per heavy atom. The Morgan fingerprint density at radius 1 is 1.62 bits per heavy atom. The number of rotatable bonds is 3. The molecule has 0 aliphatic carbocycles. The predicted octanol–water partition coefficient (Wildman–Crippen LogP) is 2.30. The molecule has 1 rings (SSSR count). The van der Waals surface area contributed by atoms with Crippen LogP contribution in [0.2, 0.25) is 0 Å². The Bertz CT molecular complexity index is 314. The molecule has 1 aromatic heterocycles. The maximum atomic E-state index is 5.33. The van der Waals surface area contributed by atoms with Crippen LogP contribution in [-0.2, 0) is 0 Å². The van der Waals surface area contributed by atoms with Crippen LogP contribution in [0.3, 0.4) is 0 Å². The van der Waals surface area contributed by atoms with E-state index in [1.807, 2.05) is 6.07 Å². The molecule has 1 aromatic rings. The van der Waals surface area contributed by atoms with Crippen molar-refractivity contribution in [1.29, 1.82) is 0 Å². The molecule has 0 saturated carbocycles. The van der Waals surface area contributed by atoms with Gasteiger partial charge in [-0.05, 0) is 37.9 Å². The number of pyridine rings is 1. The second kappa shape index (κ2) is 4.85. The number of nitrogens with zero attached hydrogens (tertiary/aromatic N) is 1. The summed E-state index contributed by atoms with van der Waals surface area (Å²) >= 11 is 6.71. The van der Waals surface area contributed by atoms with Crippen molar-refractivity contribution in [2.24, 2.45) is 5.84 Å². The molecule has 70 valence electrons. The fraction of sp³-hybridized carbons (Fsp3) is 0.125. The van der Waals surface area contributed by atoms with Gasteiger partial charge in [0.05, 0.1) is 11.7 Å². The first-order chi connectivity index (χ1) is 6.19. The Labute approximate surface area is 93.7 Å². The Kier molecular flexibility index (Phi) is 4.05. The van der Waals surface area contributed by atoms with Gasteiger partial charge in [-0.25, -0.2) is 5.43 Å². The quantitative estimate of drug-likeness (QED) is 0.512. The van der Waals surface area contributed by atoms with Crippen molar-refractivity contribution in [3.05, 3.63) is 39.6 Å². The molecule has 5 heteroatoms. The molecule has 3 N–H and O–H groups in total. The first kappa shape index (κ1) is 10.8. The van der Waals surface area contributed by atoms with E-state index in [1.54, 1.807) is 12.3 Å². The van der Waals surface area contributed by atoms with E-state index in [1.165, 1.54) is 0 Å². The van der Waals surface area contributed by atoms with E-state index in [-0.39, 0.29) is 6.04 Å². The summed E-state index contributed by atoms with van der Waals surface area (Å²) in [6.45, 7) is 3.66. The molecule has 0 saturated heterocycles. The number of hydrogen-bond acceptors (Lipinski definition) is 3. The molecule has 0 bridgehead atoms. The van der Waals surface area contributed by atoms with E-state index in [4.69, 9.17) is 5.84 Å². The van der Waals surface area contributed by atoms with Crippen LogP contribution in [-0.4, -0.2) is 4.98 Å². The fourth-order valence-corrected chi connectivity index (χ4v) is 2.15. The van der Waals surface area contributed by atoms with Crippen LogP contribution in [0.1, 0.15) is 11.7 Å². The van der Waals surface area contributed by atoms with Crippen LogP contribution < -0.4 is 11.3 Å². The molecule has 0 radical (unpaired) electrons. The number of nitrogens with one attached hydrogen (secondary N) is 1. The highest BCUT2D eigenvalue weighted by Crippen LogP contribution is 2.24. The van der Waals surface area contributed by atoms with Crippen molar-refractivity contribution in [3.63, 3.8) is 0 Å². The van der Waals surface area contributed by atoms with Crippen molar-refractivity contribution in [2.75, 3.05) is 0 Å². The van der Waals surface area contributed by atoms with Crippen molar-refractivity contribution in [3.8, 4) is 0 Å². The molecule has 1 heterocycles. The zero-order chi connectivity index (χ0) is 9.84. The van der Waals surface area contributed by atoms with Gasteiger partial charge in [0.2, 0.25) is 0 Å². The van der Waals surface area contributed by atoms with E-state index in [9.17, 15) is 0 Å². The summed E-state index contributed by atoms with van der Waals surface area (Å²) in [6, 6.07) is 1.78. The number of nitrogens with two attached hydrogens (primary N) is 1. The maximum absolute atomic E-state index is 5.33. The van der Waals surface area contributed by atoms with Crippen LogP contribution >= 0.6 is 31.9 Å². The molecule has 0 amide bonds. The summed E-state index contributed by atoms with van der Waals surface area (Å²) < 4.78 is 1.81. The Hall–Kier alpha value is -0.230. The van der Waals surface area contributed by atoms with Gasteiger partial charge >= 0.3 is 0 Å². The van der Waals surface area contributed by atoms with E-state index < -0.39 is 0 Å². The zero-order valence-electron chi connectivity index (χ0n) is 6.80. The van der Waals surface area contributed by atoms with Crippen molar-refractivity contribution in [1.82, 2.24) is 10.4 Å². The topological polar surface area (TPSA) is 50.9 Å². The molecule has 0 fully saturated rings. The van der Waals surface area contributed by atoms with E-state index in [0.717, 1.165) is 14.6 Å². The molecule has 1 unspecified atom stereocenters. The Balaban J connectivity index is 3.06. The molecule has 0 aromatic carbocycles. The average Bonchev–Trinajstić information content (AvgIpc) is 2.10. The van der Waals surface area contributed by atoms with Gasteiger partial charge in [0.15, 0.2) is 0 Å². The van der Waals surface area contributed by atoms with Crippen LogP contribution in [0, 0.1) is 0 Å². The van der Waals surface area contributed by atoms with E-state index in [0.29, 0.717) is 0 Å². The van der Waals surface area contributed by atoms with E-state index >= 15 is 0 Å². The standard InChI is InChI=1S/C8H9Br2N3/c1-2-7(13-11)8-6(10)3-5(9)4-12-8/h2-4,7,13H,1,11H2. The van der Waals surface area contributed by atoms with Gasteiger partial charge in [-0.1, -0.05) is 6.08 Å². The molecular weight excluding hydrogens is 298 g/mol. The summed E-state index contributed by atoms with van der Waals surface area (Å²) in [5.74, 6) is 5.33. The van der Waals surface area contributed by atoms with Crippen LogP contribution in [0.5, 0.6) is 0 Å². The molecule has 0 aliphatic rings. The van der Waals surface area contributed by atoms with Gasteiger partial charge in [0.1, 0.15) is 0 Å². The third-order valence-corrected chi connectivity index (χ3v) is 2.61. The highest BCUT2D eigenvalue weighted by molar-refractivity contribution is 9.11. The number of halogens is 2. The monoisotopic (exact) mass is 305 g/mol. The smallest absolute Gasteiger partial charge is 0.0821 e. The van der Waals surface area contributed by atoms with Crippen LogP contribution in [0.15, 0.2) is 33.9 Å². The van der Waals surface area contributed by atoms with Gasteiger partial charge in [-0.15, -0.1) is 6.58 Å². The van der Waals surface area contributed by atoms with Gasteiger partial charge in [0.25, 0.3) is 0 Å². The first-order valence-corrected chi connectivity index (χ1v) is 5.17. The minimum Gasteiger partial charge on any atom is -0.271 e. The largest absolute Gasteiger partial charge is 0.271 e. The predicted molar refractivity (Wildman–Crippen MR) is 59.9 cm³/mol. The third-order valence-electron chi connectivity index (χ3n) is 1.55. The van der Waals surface area contributed by atoms with E-state index in [2.05, 4.69) is 48.8 Å². The zero-order valence-corrected chi connectivity index (χ0v) is 9.97. The molecule has 1 atom stereocenters. The minimum atomic E-state index is -0.137. The molecule has 13 heavy (non-hydrogen) atoms. The van der Waals surface area contributed by atoms with Gasteiger partial charge < -0.3 is 0 Å². The second-order valence-electron chi connectivity index (χ2n) is 2.40. The maximum Gasteiger partial charge on any atom is 0.0821 e. The highest BCUT2D eigenvalue weighted by atomic mass is 79.9. The molecule has 0 spiro atoms. The van der Waals surface area contributed by atoms with Crippen LogP contribution in [0.25, 0.3) is 0 Å². The summed E-state index contributed by atoms with van der Waals surface area (Å²) in [4.78, 5) is 4.21. The Morgan fingerprint density at radius 2 is 2.31 bits per heavy atom. The summed E-state index contributed by atoms with van der Waals surface area (Å²) in [5.41, 5.74) is 3.42. The molecule has 3 nitrogen and oxygen atoms in total. The van der Waals surface area contributed by atoms with Crippen LogP contribution in [0.4, 0.5) is 0 Å². The number of hydrazine groups is 1. The summed E-state index contributed by atoms with van der Waals surface area (Å²) in [6.07, 6.45) is 3.41. The molecule has 0 aliphatic heterocycles. The fourth-order valence-electron chi connectivity index (χ4n) is 0.913. The van der Waals surface area contributed by atoms with Gasteiger partial charge in [0, 0.05) is 15.1 Å². The highest BCUT2D eigenvalue weighted by Gasteiger charge is 2.10. The van der Waals surface area contributed by atoms with Crippen molar-refractivity contribution < 1.29 is 0 Å². The summed E-state index contributed by atoms with van der Waals surface area (Å²) in [5, 5.41) is 0. The second-order valence-corrected chi connectivity index (χ2v) is 4.17. The lowest BCUT2D eigenvalue weighted by Gasteiger charge is -2.11. The van der Waals surface area contributed by atoms with Gasteiger partial charge in [-0.2, -0.15) is 0 Å². The normalized spacial score (nSPS) is 12.5. The lowest BCUT2D eigenvalue weighted by Crippen LogP contribution is -2.27. The number of hydrogen-bond donors (Lipinski definition) is 2. The van der Waals surface area contributed by atoms with Gasteiger partial charge in [-0.3, -0.25) is 10.8 Å². The lowest BCUT2D eigenvalue weighted by molar-refractivity contribution is 0.637. The first-order valence-electron chi connectivity index (χ1n) is 3.58. The SMILES string of the molecule is C=CC(NN)c1ncc(Br)cc1Br.